The lowest BCUT2D eigenvalue weighted by Gasteiger charge is -2.25. The van der Waals surface area contributed by atoms with Crippen LogP contribution >= 0.6 is 23.2 Å². The molecule has 1 amide bonds. The van der Waals surface area contributed by atoms with Crippen molar-refractivity contribution in [1.29, 1.82) is 0 Å². The molecule has 1 aromatic carbocycles. The van der Waals surface area contributed by atoms with Crippen molar-refractivity contribution in [3.8, 4) is 11.5 Å². The molecule has 1 N–H and O–H groups in total. The van der Waals surface area contributed by atoms with E-state index in [1.54, 1.807) is 44.2 Å². The summed E-state index contributed by atoms with van der Waals surface area (Å²) in [6, 6.07) is 11.0. The minimum absolute atomic E-state index is 0.297. The Morgan fingerprint density at radius 3 is 2.62 bits per heavy atom. The van der Waals surface area contributed by atoms with Crippen molar-refractivity contribution in [2.75, 3.05) is 5.32 Å². The van der Waals surface area contributed by atoms with Crippen LogP contribution in [0.4, 0.5) is 5.69 Å². The molecule has 3 rings (SSSR count). The number of nitrogens with one attached hydrogen (secondary N) is 1. The van der Waals surface area contributed by atoms with Crippen molar-refractivity contribution in [1.82, 2.24) is 9.78 Å². The molecule has 0 saturated heterocycles. The highest BCUT2D eigenvalue weighted by Crippen LogP contribution is 2.27. The molecule has 0 spiro atoms. The van der Waals surface area contributed by atoms with Crippen LogP contribution in [0.3, 0.4) is 0 Å². The van der Waals surface area contributed by atoms with Crippen molar-refractivity contribution in [3.63, 3.8) is 0 Å². The van der Waals surface area contributed by atoms with Gasteiger partial charge in [-0.2, -0.15) is 5.10 Å². The van der Waals surface area contributed by atoms with Gasteiger partial charge < -0.3 is 9.73 Å². The number of halogens is 2. The minimum atomic E-state index is -1.28. The lowest BCUT2D eigenvalue weighted by Crippen LogP contribution is -2.47. The minimum Gasteiger partial charge on any atom is -0.463 e. The zero-order valence-corrected chi connectivity index (χ0v) is 15.5. The SMILES string of the molecule is CC(C)(C(=O)Nc1ccc(Cl)cc1Cl)n1nc(-c2ccco2)ccc1=O. The summed E-state index contributed by atoms with van der Waals surface area (Å²) < 4.78 is 6.42. The fourth-order valence-corrected chi connectivity index (χ4v) is 2.79. The maximum Gasteiger partial charge on any atom is 0.267 e. The maximum atomic E-state index is 12.8. The van der Waals surface area contributed by atoms with Gasteiger partial charge in [0.1, 0.15) is 11.2 Å². The predicted octanol–water partition coefficient (Wildman–Crippen LogP) is 4.18. The molecule has 0 unspecified atom stereocenters. The second kappa shape index (κ2) is 6.97. The first-order valence-electron chi connectivity index (χ1n) is 7.70. The van der Waals surface area contributed by atoms with Gasteiger partial charge in [0.15, 0.2) is 5.76 Å². The standard InChI is InChI=1S/C18H15Cl2N3O3/c1-18(2,17(25)21-13-6-5-11(19)10-12(13)20)23-16(24)8-7-14(22-23)15-4-3-9-26-15/h3-10H,1-2H3,(H,21,25). The molecule has 0 aliphatic carbocycles. The Kier molecular flexibility index (Phi) is 4.89. The van der Waals surface area contributed by atoms with Crippen LogP contribution in [0.2, 0.25) is 10.0 Å². The largest absolute Gasteiger partial charge is 0.463 e. The number of amides is 1. The van der Waals surface area contributed by atoms with Crippen molar-refractivity contribution in [3.05, 3.63) is 69.1 Å². The molecule has 3 aromatic rings. The Labute approximate surface area is 159 Å². The van der Waals surface area contributed by atoms with E-state index >= 15 is 0 Å². The molecule has 0 fully saturated rings. The van der Waals surface area contributed by atoms with E-state index in [9.17, 15) is 9.59 Å². The molecule has 0 bridgehead atoms. The fraction of sp³-hybridized carbons (Fsp3) is 0.167. The van der Waals surface area contributed by atoms with Crippen LogP contribution in [0.5, 0.6) is 0 Å². The number of aromatic nitrogens is 2. The molecule has 0 aliphatic rings. The van der Waals surface area contributed by atoms with E-state index in [0.717, 1.165) is 4.68 Å². The second-order valence-electron chi connectivity index (χ2n) is 6.08. The summed E-state index contributed by atoms with van der Waals surface area (Å²) in [5.74, 6) is 0.0450. The average Bonchev–Trinajstić information content (AvgIpc) is 3.12. The van der Waals surface area contributed by atoms with Gasteiger partial charge in [-0.1, -0.05) is 23.2 Å². The van der Waals surface area contributed by atoms with Gasteiger partial charge in [-0.3, -0.25) is 9.59 Å². The molecule has 2 heterocycles. The highest BCUT2D eigenvalue weighted by Gasteiger charge is 2.33. The zero-order valence-electron chi connectivity index (χ0n) is 14.0. The van der Waals surface area contributed by atoms with Crippen LogP contribution in [0.15, 0.2) is 57.9 Å². The summed E-state index contributed by atoms with van der Waals surface area (Å²) in [4.78, 5) is 25.1. The third kappa shape index (κ3) is 3.52. The first kappa shape index (κ1) is 18.2. The van der Waals surface area contributed by atoms with Crippen molar-refractivity contribution in [2.45, 2.75) is 19.4 Å². The Balaban J connectivity index is 1.95. The topological polar surface area (TPSA) is 77.1 Å². The van der Waals surface area contributed by atoms with E-state index < -0.39 is 17.0 Å². The number of furan rings is 1. The molecule has 6 nitrogen and oxygen atoms in total. The number of carbonyl (C=O) groups excluding carboxylic acids is 1. The number of hydrogen-bond donors (Lipinski definition) is 1. The van der Waals surface area contributed by atoms with Crippen molar-refractivity contribution < 1.29 is 9.21 Å². The molecule has 0 atom stereocenters. The van der Waals surface area contributed by atoms with E-state index in [1.165, 1.54) is 18.4 Å². The first-order valence-corrected chi connectivity index (χ1v) is 8.46. The van der Waals surface area contributed by atoms with Gasteiger partial charge >= 0.3 is 0 Å². The van der Waals surface area contributed by atoms with Crippen molar-refractivity contribution >= 4 is 34.8 Å². The lowest BCUT2D eigenvalue weighted by atomic mass is 10.0. The van der Waals surface area contributed by atoms with Gasteiger partial charge in [0, 0.05) is 11.1 Å². The normalized spacial score (nSPS) is 11.4. The van der Waals surface area contributed by atoms with Crippen molar-refractivity contribution in [2.24, 2.45) is 0 Å². The Hall–Kier alpha value is -2.57. The van der Waals surface area contributed by atoms with Gasteiger partial charge in [0.2, 0.25) is 0 Å². The van der Waals surface area contributed by atoms with E-state index in [-0.39, 0.29) is 0 Å². The fourth-order valence-electron chi connectivity index (χ4n) is 2.33. The summed E-state index contributed by atoms with van der Waals surface area (Å²) >= 11 is 12.0. The van der Waals surface area contributed by atoms with Gasteiger partial charge in [-0.25, -0.2) is 4.68 Å². The Morgan fingerprint density at radius 1 is 1.19 bits per heavy atom. The first-order chi connectivity index (χ1) is 12.3. The van der Waals surface area contributed by atoms with Crippen LogP contribution < -0.4 is 10.9 Å². The lowest BCUT2D eigenvalue weighted by molar-refractivity contribution is -0.123. The summed E-state index contributed by atoms with van der Waals surface area (Å²) in [5.41, 5.74) is -0.852. The molecule has 8 heteroatoms. The number of benzene rings is 1. The predicted molar refractivity (Wildman–Crippen MR) is 101 cm³/mol. The van der Waals surface area contributed by atoms with Crippen LogP contribution in [0.1, 0.15) is 13.8 Å². The monoisotopic (exact) mass is 391 g/mol. The maximum absolute atomic E-state index is 12.8. The van der Waals surface area contributed by atoms with E-state index in [4.69, 9.17) is 27.6 Å². The molecular weight excluding hydrogens is 377 g/mol. The molecule has 2 aromatic heterocycles. The van der Waals surface area contributed by atoms with Gasteiger partial charge in [-0.15, -0.1) is 0 Å². The summed E-state index contributed by atoms with van der Waals surface area (Å²) in [5, 5.41) is 7.74. The third-order valence-corrected chi connectivity index (χ3v) is 4.39. The molecule has 0 saturated carbocycles. The number of carbonyl (C=O) groups is 1. The van der Waals surface area contributed by atoms with Gasteiger partial charge in [0.25, 0.3) is 11.5 Å². The quantitative estimate of drug-likeness (QED) is 0.723. The zero-order chi connectivity index (χ0) is 18.9. The van der Waals surface area contributed by atoms with E-state index in [2.05, 4.69) is 10.4 Å². The highest BCUT2D eigenvalue weighted by molar-refractivity contribution is 6.36. The van der Waals surface area contributed by atoms with Gasteiger partial charge in [-0.05, 0) is 50.2 Å². The number of hydrogen-bond acceptors (Lipinski definition) is 4. The number of nitrogens with zero attached hydrogens (tertiary/aromatic N) is 2. The summed E-state index contributed by atoms with van der Waals surface area (Å²) in [7, 11) is 0. The van der Waals surface area contributed by atoms with Gasteiger partial charge in [0.05, 0.1) is 17.0 Å². The van der Waals surface area contributed by atoms with E-state index in [1.807, 2.05) is 0 Å². The third-order valence-electron chi connectivity index (χ3n) is 3.84. The number of anilines is 1. The average molecular weight is 392 g/mol. The molecule has 0 radical (unpaired) electrons. The molecule has 26 heavy (non-hydrogen) atoms. The Bertz CT molecular complexity index is 1010. The van der Waals surface area contributed by atoms with E-state index in [0.29, 0.717) is 27.2 Å². The summed E-state index contributed by atoms with van der Waals surface area (Å²) in [6.45, 7) is 3.18. The highest BCUT2D eigenvalue weighted by atomic mass is 35.5. The van der Waals surface area contributed by atoms with Crippen LogP contribution in [-0.2, 0) is 10.3 Å². The second-order valence-corrected chi connectivity index (χ2v) is 6.93. The molecule has 0 aliphatic heterocycles. The smallest absolute Gasteiger partial charge is 0.267 e. The molecular formula is C18H15Cl2N3O3. The number of rotatable bonds is 4. The Morgan fingerprint density at radius 2 is 1.96 bits per heavy atom. The van der Waals surface area contributed by atoms with Crippen LogP contribution in [0, 0.1) is 0 Å². The molecule has 134 valence electrons. The summed E-state index contributed by atoms with van der Waals surface area (Å²) in [6.07, 6.45) is 1.51. The van der Waals surface area contributed by atoms with Crippen LogP contribution in [0.25, 0.3) is 11.5 Å². The van der Waals surface area contributed by atoms with Crippen LogP contribution in [-0.4, -0.2) is 15.7 Å².